The van der Waals surface area contributed by atoms with Crippen molar-refractivity contribution in [2.24, 2.45) is 0 Å². The third-order valence-electron chi connectivity index (χ3n) is 8.68. The highest BCUT2D eigenvalue weighted by atomic mass is 16.5. The van der Waals surface area contributed by atoms with Crippen LogP contribution in [-0.2, 0) is 0 Å². The van der Waals surface area contributed by atoms with Gasteiger partial charge in [-0.1, -0.05) is 142 Å². The Labute approximate surface area is 279 Å². The molecule has 0 aliphatic carbocycles. The van der Waals surface area contributed by atoms with Crippen LogP contribution in [0.15, 0.2) is 60.9 Å². The summed E-state index contributed by atoms with van der Waals surface area (Å²) < 4.78 is 12.5. The van der Waals surface area contributed by atoms with Crippen molar-refractivity contribution in [3.05, 3.63) is 72.3 Å². The van der Waals surface area contributed by atoms with E-state index in [0.717, 1.165) is 35.5 Å². The second kappa shape index (κ2) is 24.0. The SMILES string of the molecule is CCCCCCCCCCCCOc1ccc(OCCCCCCCCCCCC)c(-c2ccc(C(=O)c3ccccn3)nc2)c1. The minimum Gasteiger partial charge on any atom is -0.494 e. The van der Waals surface area contributed by atoms with Gasteiger partial charge < -0.3 is 9.47 Å². The van der Waals surface area contributed by atoms with Crippen molar-refractivity contribution in [2.45, 2.75) is 142 Å². The fraction of sp³-hybridized carbons (Fsp3) is 0.585. The molecule has 46 heavy (non-hydrogen) atoms. The molecule has 5 heteroatoms. The topological polar surface area (TPSA) is 61.3 Å². The van der Waals surface area contributed by atoms with Gasteiger partial charge in [0.25, 0.3) is 0 Å². The first-order valence-corrected chi connectivity index (χ1v) is 18.5. The fourth-order valence-corrected chi connectivity index (χ4v) is 5.82. The molecule has 0 bridgehead atoms. The minimum atomic E-state index is -0.182. The summed E-state index contributed by atoms with van der Waals surface area (Å²) in [5.41, 5.74) is 2.62. The zero-order valence-corrected chi connectivity index (χ0v) is 28.9. The van der Waals surface area contributed by atoms with E-state index in [1.807, 2.05) is 24.3 Å². The molecule has 0 fully saturated rings. The maximum Gasteiger partial charge on any atom is 0.229 e. The average molecular weight is 629 g/mol. The van der Waals surface area contributed by atoms with E-state index in [2.05, 4.69) is 29.9 Å². The lowest BCUT2D eigenvalue weighted by molar-refractivity contribution is 0.103. The second-order valence-electron chi connectivity index (χ2n) is 12.7. The molecule has 0 radical (unpaired) electrons. The third-order valence-corrected chi connectivity index (χ3v) is 8.68. The monoisotopic (exact) mass is 628 g/mol. The van der Waals surface area contributed by atoms with E-state index in [9.17, 15) is 4.79 Å². The van der Waals surface area contributed by atoms with Crippen LogP contribution >= 0.6 is 0 Å². The van der Waals surface area contributed by atoms with E-state index in [1.54, 1.807) is 30.6 Å². The van der Waals surface area contributed by atoms with Gasteiger partial charge in [0.15, 0.2) is 0 Å². The Morgan fingerprint density at radius 3 is 1.63 bits per heavy atom. The van der Waals surface area contributed by atoms with E-state index in [4.69, 9.17) is 9.47 Å². The smallest absolute Gasteiger partial charge is 0.229 e. The summed E-state index contributed by atoms with van der Waals surface area (Å²) in [4.78, 5) is 21.6. The Kier molecular flexibility index (Phi) is 19.5. The van der Waals surface area contributed by atoms with Gasteiger partial charge in [0.05, 0.1) is 13.2 Å². The van der Waals surface area contributed by atoms with Crippen molar-refractivity contribution in [1.29, 1.82) is 0 Å². The van der Waals surface area contributed by atoms with Crippen molar-refractivity contribution >= 4 is 5.78 Å². The van der Waals surface area contributed by atoms with Crippen LogP contribution in [0.5, 0.6) is 11.5 Å². The fourth-order valence-electron chi connectivity index (χ4n) is 5.82. The maximum atomic E-state index is 12.9. The lowest BCUT2D eigenvalue weighted by Gasteiger charge is -2.14. The number of ether oxygens (including phenoxy) is 2. The first kappa shape index (κ1) is 37.2. The van der Waals surface area contributed by atoms with Crippen LogP contribution in [0, 0.1) is 0 Å². The van der Waals surface area contributed by atoms with Crippen LogP contribution in [0.3, 0.4) is 0 Å². The molecule has 0 aliphatic rings. The molecule has 2 aromatic heterocycles. The molecule has 1 aromatic carbocycles. The lowest BCUT2D eigenvalue weighted by atomic mass is 10.0. The van der Waals surface area contributed by atoms with Gasteiger partial charge in [-0.25, -0.2) is 0 Å². The second-order valence-corrected chi connectivity index (χ2v) is 12.7. The number of benzene rings is 1. The van der Waals surface area contributed by atoms with E-state index < -0.39 is 0 Å². The Balaban J connectivity index is 1.51. The summed E-state index contributed by atoms with van der Waals surface area (Å²) in [6.45, 7) is 5.94. The Morgan fingerprint density at radius 1 is 0.565 bits per heavy atom. The molecule has 0 spiro atoms. The van der Waals surface area contributed by atoms with Gasteiger partial charge in [-0.15, -0.1) is 0 Å². The zero-order valence-electron chi connectivity index (χ0n) is 28.9. The number of hydrogen-bond acceptors (Lipinski definition) is 5. The first-order chi connectivity index (χ1) is 22.7. The molecular formula is C41H60N2O3. The predicted octanol–water partition coefficient (Wildman–Crippen LogP) is 12.0. The van der Waals surface area contributed by atoms with Gasteiger partial charge in [0.2, 0.25) is 5.78 Å². The summed E-state index contributed by atoms with van der Waals surface area (Å²) >= 11 is 0. The number of carbonyl (C=O) groups is 1. The summed E-state index contributed by atoms with van der Waals surface area (Å²) in [6, 6.07) is 15.1. The standard InChI is InChI=1S/C41H60N2O3/c1-3-5-7-9-11-13-15-17-19-23-31-45-36-27-29-40(46-32-24-20-18-16-14-12-10-8-6-4-2)37(33-36)35-26-28-39(43-34-35)41(44)38-25-21-22-30-42-38/h21-22,25-30,33-34H,3-20,23-24,31-32H2,1-2H3. The minimum absolute atomic E-state index is 0.182. The zero-order chi connectivity index (χ0) is 32.5. The third kappa shape index (κ3) is 14.9. The number of aromatic nitrogens is 2. The van der Waals surface area contributed by atoms with Crippen LogP contribution in [0.1, 0.15) is 158 Å². The molecule has 0 unspecified atom stereocenters. The number of ketones is 1. The molecule has 3 rings (SSSR count). The van der Waals surface area contributed by atoms with E-state index in [-0.39, 0.29) is 5.78 Å². The van der Waals surface area contributed by atoms with Gasteiger partial charge in [-0.05, 0) is 49.2 Å². The summed E-state index contributed by atoms with van der Waals surface area (Å²) in [6.07, 6.45) is 29.4. The summed E-state index contributed by atoms with van der Waals surface area (Å²) in [5, 5.41) is 0. The van der Waals surface area contributed by atoms with Crippen LogP contribution in [-0.4, -0.2) is 29.0 Å². The highest BCUT2D eigenvalue weighted by Gasteiger charge is 2.14. The maximum absolute atomic E-state index is 12.9. The highest BCUT2D eigenvalue weighted by molar-refractivity contribution is 6.06. The number of hydrogen-bond donors (Lipinski definition) is 0. The van der Waals surface area contributed by atoms with Gasteiger partial charge in [0, 0.05) is 23.5 Å². The number of pyridine rings is 2. The van der Waals surface area contributed by atoms with Crippen molar-refractivity contribution in [1.82, 2.24) is 9.97 Å². The molecular weight excluding hydrogens is 568 g/mol. The number of rotatable bonds is 27. The normalized spacial score (nSPS) is 11.1. The Bertz CT molecular complexity index is 1200. The van der Waals surface area contributed by atoms with Crippen molar-refractivity contribution < 1.29 is 14.3 Å². The van der Waals surface area contributed by atoms with Crippen molar-refractivity contribution in [2.75, 3.05) is 13.2 Å². The number of nitrogens with zero attached hydrogens (tertiary/aromatic N) is 2. The van der Waals surface area contributed by atoms with E-state index in [1.165, 1.54) is 116 Å². The first-order valence-electron chi connectivity index (χ1n) is 18.5. The molecule has 3 aromatic rings. The van der Waals surface area contributed by atoms with Crippen LogP contribution < -0.4 is 9.47 Å². The molecule has 0 atom stereocenters. The molecule has 0 aliphatic heterocycles. The molecule has 2 heterocycles. The average Bonchev–Trinajstić information content (AvgIpc) is 3.10. The summed E-state index contributed by atoms with van der Waals surface area (Å²) in [7, 11) is 0. The van der Waals surface area contributed by atoms with Gasteiger partial charge in [-0.2, -0.15) is 0 Å². The van der Waals surface area contributed by atoms with Crippen LogP contribution in [0.2, 0.25) is 0 Å². The molecule has 0 saturated carbocycles. The van der Waals surface area contributed by atoms with Crippen LogP contribution in [0.4, 0.5) is 0 Å². The van der Waals surface area contributed by atoms with Crippen molar-refractivity contribution in [3.63, 3.8) is 0 Å². The van der Waals surface area contributed by atoms with Crippen LogP contribution in [0.25, 0.3) is 11.1 Å². The van der Waals surface area contributed by atoms with E-state index >= 15 is 0 Å². The molecule has 5 nitrogen and oxygen atoms in total. The largest absolute Gasteiger partial charge is 0.494 e. The Morgan fingerprint density at radius 2 is 1.11 bits per heavy atom. The van der Waals surface area contributed by atoms with Crippen molar-refractivity contribution in [3.8, 4) is 22.6 Å². The lowest BCUT2D eigenvalue weighted by Crippen LogP contribution is -2.06. The Hall–Kier alpha value is -3.21. The molecule has 0 amide bonds. The molecule has 0 saturated heterocycles. The van der Waals surface area contributed by atoms with Gasteiger partial charge in [-0.3, -0.25) is 14.8 Å². The molecule has 252 valence electrons. The van der Waals surface area contributed by atoms with E-state index in [0.29, 0.717) is 24.6 Å². The predicted molar refractivity (Wildman–Crippen MR) is 192 cm³/mol. The van der Waals surface area contributed by atoms with Gasteiger partial charge in [0.1, 0.15) is 22.9 Å². The molecule has 0 N–H and O–H groups in total. The number of unbranched alkanes of at least 4 members (excludes halogenated alkanes) is 18. The summed E-state index contributed by atoms with van der Waals surface area (Å²) in [5.74, 6) is 1.48. The number of carbonyl (C=O) groups excluding carboxylic acids is 1. The quantitative estimate of drug-likeness (QED) is 0.0621. The van der Waals surface area contributed by atoms with Gasteiger partial charge >= 0.3 is 0 Å². The highest BCUT2D eigenvalue weighted by Crippen LogP contribution is 2.34.